The predicted molar refractivity (Wildman–Crippen MR) is 55.2 cm³/mol. The molecule has 0 amide bonds. The maximum atomic E-state index is 5.79. The van der Waals surface area contributed by atoms with Crippen LogP contribution in [0.25, 0.3) is 0 Å². The molecule has 2 heterocycles. The van der Waals surface area contributed by atoms with Crippen molar-refractivity contribution in [1.29, 1.82) is 0 Å². The van der Waals surface area contributed by atoms with Crippen molar-refractivity contribution in [2.75, 3.05) is 5.32 Å². The molecule has 0 atom stereocenters. The van der Waals surface area contributed by atoms with Gasteiger partial charge in [0.15, 0.2) is 0 Å². The number of hydrogen-bond donors (Lipinski definition) is 2. The van der Waals surface area contributed by atoms with Crippen LogP contribution in [0.5, 0.6) is 0 Å². The minimum atomic E-state index is 0.777. The highest BCUT2D eigenvalue weighted by atomic mass is 35.5. The van der Waals surface area contributed by atoms with Gasteiger partial charge in [-0.2, -0.15) is 5.10 Å². The number of thiophene rings is 1. The number of hydrogen-bond acceptors (Lipinski definition) is 3. The van der Waals surface area contributed by atoms with E-state index in [1.807, 2.05) is 18.2 Å². The molecular weight excluding hydrogens is 206 g/mol. The molecule has 0 radical (unpaired) electrons. The highest BCUT2D eigenvalue weighted by molar-refractivity contribution is 7.16. The van der Waals surface area contributed by atoms with Gasteiger partial charge in [-0.15, -0.1) is 11.3 Å². The lowest BCUT2D eigenvalue weighted by Gasteiger charge is -1.99. The monoisotopic (exact) mass is 213 g/mol. The van der Waals surface area contributed by atoms with Crippen molar-refractivity contribution in [3.63, 3.8) is 0 Å². The lowest BCUT2D eigenvalue weighted by Crippen LogP contribution is -1.97. The average molecular weight is 214 g/mol. The molecule has 2 aromatic heterocycles. The van der Waals surface area contributed by atoms with Crippen LogP contribution in [0.1, 0.15) is 4.88 Å². The molecule has 3 nitrogen and oxygen atoms in total. The lowest BCUT2D eigenvalue weighted by molar-refractivity contribution is 1.06. The normalized spacial score (nSPS) is 10.2. The standard InChI is InChI=1S/C8H8ClN3S/c9-7-2-1-6(13-7)5-10-8-3-4-11-12-8/h1-4H,5H2,(H2,10,11,12). The summed E-state index contributed by atoms with van der Waals surface area (Å²) in [6.45, 7) is 0.777. The Labute approximate surface area is 84.7 Å². The summed E-state index contributed by atoms with van der Waals surface area (Å²) in [4.78, 5) is 1.21. The number of aromatic amines is 1. The summed E-state index contributed by atoms with van der Waals surface area (Å²) in [6, 6.07) is 5.79. The number of nitrogens with one attached hydrogen (secondary N) is 2. The van der Waals surface area contributed by atoms with E-state index in [9.17, 15) is 0 Å². The second-order valence-electron chi connectivity index (χ2n) is 2.53. The Kier molecular flexibility index (Phi) is 2.52. The lowest BCUT2D eigenvalue weighted by atomic mass is 10.4. The van der Waals surface area contributed by atoms with Crippen molar-refractivity contribution in [3.8, 4) is 0 Å². The summed E-state index contributed by atoms with van der Waals surface area (Å²) in [5, 5.41) is 9.84. The Morgan fingerprint density at radius 3 is 3.00 bits per heavy atom. The van der Waals surface area contributed by atoms with E-state index in [2.05, 4.69) is 15.5 Å². The van der Waals surface area contributed by atoms with E-state index in [4.69, 9.17) is 11.6 Å². The van der Waals surface area contributed by atoms with Crippen LogP contribution >= 0.6 is 22.9 Å². The first-order valence-corrected chi connectivity index (χ1v) is 5.01. The first-order valence-electron chi connectivity index (χ1n) is 3.82. The van der Waals surface area contributed by atoms with Crippen LogP contribution < -0.4 is 5.32 Å². The first kappa shape index (κ1) is 8.59. The van der Waals surface area contributed by atoms with E-state index in [-0.39, 0.29) is 0 Å². The number of anilines is 1. The van der Waals surface area contributed by atoms with E-state index in [0.29, 0.717) is 0 Å². The summed E-state index contributed by atoms with van der Waals surface area (Å²) in [5.41, 5.74) is 0. The second-order valence-corrected chi connectivity index (χ2v) is 4.33. The van der Waals surface area contributed by atoms with Gasteiger partial charge in [-0.05, 0) is 18.2 Å². The van der Waals surface area contributed by atoms with Gasteiger partial charge in [0.2, 0.25) is 0 Å². The fraction of sp³-hybridized carbons (Fsp3) is 0.125. The topological polar surface area (TPSA) is 40.7 Å². The highest BCUT2D eigenvalue weighted by Gasteiger charge is 1.97. The van der Waals surface area contributed by atoms with E-state index in [1.54, 1.807) is 17.5 Å². The molecule has 0 aliphatic heterocycles. The van der Waals surface area contributed by atoms with Gasteiger partial charge in [0.25, 0.3) is 0 Å². The molecule has 0 spiro atoms. The predicted octanol–water partition coefficient (Wildman–Crippen LogP) is 2.74. The van der Waals surface area contributed by atoms with Crippen molar-refractivity contribution in [1.82, 2.24) is 10.2 Å². The van der Waals surface area contributed by atoms with Crippen LogP contribution in [-0.2, 0) is 6.54 Å². The second kappa shape index (κ2) is 3.81. The number of aromatic nitrogens is 2. The summed E-state index contributed by atoms with van der Waals surface area (Å²) in [5.74, 6) is 0.921. The molecule has 0 aliphatic carbocycles. The molecule has 5 heteroatoms. The quantitative estimate of drug-likeness (QED) is 0.823. The van der Waals surface area contributed by atoms with Crippen LogP contribution in [0, 0.1) is 0 Å². The van der Waals surface area contributed by atoms with Crippen LogP contribution in [-0.4, -0.2) is 10.2 Å². The number of nitrogens with zero attached hydrogens (tertiary/aromatic N) is 1. The van der Waals surface area contributed by atoms with Gasteiger partial charge in [-0.3, -0.25) is 5.10 Å². The zero-order chi connectivity index (χ0) is 9.10. The molecule has 0 aliphatic rings. The first-order chi connectivity index (χ1) is 6.34. The molecule has 2 aromatic rings. The molecular formula is C8H8ClN3S. The van der Waals surface area contributed by atoms with Crippen molar-refractivity contribution in [3.05, 3.63) is 33.6 Å². The largest absolute Gasteiger partial charge is 0.366 e. The van der Waals surface area contributed by atoms with Crippen molar-refractivity contribution in [2.45, 2.75) is 6.54 Å². The maximum Gasteiger partial charge on any atom is 0.121 e. The highest BCUT2D eigenvalue weighted by Crippen LogP contribution is 2.21. The third-order valence-corrected chi connectivity index (χ3v) is 2.81. The molecule has 0 saturated heterocycles. The molecule has 0 aromatic carbocycles. The van der Waals surface area contributed by atoms with Gasteiger partial charge >= 0.3 is 0 Å². The molecule has 0 fully saturated rings. The van der Waals surface area contributed by atoms with Crippen LogP contribution in [0.3, 0.4) is 0 Å². The zero-order valence-corrected chi connectivity index (χ0v) is 8.32. The summed E-state index contributed by atoms with van der Waals surface area (Å²) in [7, 11) is 0. The minimum absolute atomic E-state index is 0.777. The smallest absolute Gasteiger partial charge is 0.121 e. The molecule has 2 rings (SSSR count). The molecule has 2 N–H and O–H groups in total. The van der Waals surface area contributed by atoms with Gasteiger partial charge in [-0.25, -0.2) is 0 Å². The van der Waals surface area contributed by atoms with E-state index in [1.165, 1.54) is 4.88 Å². The Balaban J connectivity index is 1.93. The fourth-order valence-corrected chi connectivity index (χ4v) is 2.01. The van der Waals surface area contributed by atoms with E-state index in [0.717, 1.165) is 16.7 Å². The number of halogens is 1. The van der Waals surface area contributed by atoms with Gasteiger partial charge in [-0.1, -0.05) is 11.6 Å². The Morgan fingerprint density at radius 1 is 1.46 bits per heavy atom. The molecule has 0 unspecified atom stereocenters. The van der Waals surface area contributed by atoms with Crippen molar-refractivity contribution >= 4 is 28.8 Å². The SMILES string of the molecule is Clc1ccc(CNc2ccn[nH]2)s1. The van der Waals surface area contributed by atoms with Crippen LogP contribution in [0.15, 0.2) is 24.4 Å². The molecule has 0 saturated carbocycles. The molecule has 13 heavy (non-hydrogen) atoms. The molecule has 0 bridgehead atoms. The number of H-pyrrole nitrogens is 1. The van der Waals surface area contributed by atoms with Gasteiger partial charge in [0.1, 0.15) is 5.82 Å². The molecule has 68 valence electrons. The van der Waals surface area contributed by atoms with Gasteiger partial charge < -0.3 is 5.32 Å². The van der Waals surface area contributed by atoms with Gasteiger partial charge in [0.05, 0.1) is 17.1 Å². The Bertz CT molecular complexity index is 368. The zero-order valence-electron chi connectivity index (χ0n) is 6.75. The third-order valence-electron chi connectivity index (χ3n) is 1.58. The Morgan fingerprint density at radius 2 is 2.38 bits per heavy atom. The maximum absolute atomic E-state index is 5.79. The van der Waals surface area contributed by atoms with E-state index >= 15 is 0 Å². The average Bonchev–Trinajstić information content (AvgIpc) is 2.71. The van der Waals surface area contributed by atoms with E-state index < -0.39 is 0 Å². The van der Waals surface area contributed by atoms with Crippen molar-refractivity contribution < 1.29 is 0 Å². The van der Waals surface area contributed by atoms with Crippen molar-refractivity contribution in [2.24, 2.45) is 0 Å². The summed E-state index contributed by atoms with van der Waals surface area (Å²) < 4.78 is 0.821. The fourth-order valence-electron chi connectivity index (χ4n) is 0.983. The van der Waals surface area contributed by atoms with Gasteiger partial charge in [0, 0.05) is 4.88 Å². The summed E-state index contributed by atoms with van der Waals surface area (Å²) in [6.07, 6.45) is 1.71. The summed E-state index contributed by atoms with van der Waals surface area (Å²) >= 11 is 7.37. The third kappa shape index (κ3) is 2.23. The van der Waals surface area contributed by atoms with Crippen LogP contribution in [0.4, 0.5) is 5.82 Å². The van der Waals surface area contributed by atoms with Crippen LogP contribution in [0.2, 0.25) is 4.34 Å². The minimum Gasteiger partial charge on any atom is -0.366 e. The number of rotatable bonds is 3. The Hall–Kier alpha value is -1.00.